The molecule has 2 aromatic carbocycles. The van der Waals surface area contributed by atoms with Crippen LogP contribution < -0.4 is 10.6 Å². The summed E-state index contributed by atoms with van der Waals surface area (Å²) in [5.74, 6) is 0. The van der Waals surface area contributed by atoms with Crippen LogP contribution >= 0.6 is 31.9 Å². The molecule has 112 valence electrons. The minimum Gasteiger partial charge on any atom is -0.370 e. The molecule has 2 aromatic rings. The Morgan fingerprint density at radius 2 is 1.90 bits per heavy atom. The number of nitrogens with two attached hydrogens (primary N) is 1. The third-order valence-electron chi connectivity index (χ3n) is 3.33. The highest BCUT2D eigenvalue weighted by atomic mass is 79.9. The van der Waals surface area contributed by atoms with Gasteiger partial charge in [-0.15, -0.1) is 0 Å². The van der Waals surface area contributed by atoms with Gasteiger partial charge in [0.2, 0.25) is 0 Å². The highest BCUT2D eigenvalue weighted by Gasteiger charge is 2.07. The zero-order chi connectivity index (χ0) is 15.4. The van der Waals surface area contributed by atoms with Crippen molar-refractivity contribution < 1.29 is 0 Å². The van der Waals surface area contributed by atoms with Crippen LogP contribution in [0.5, 0.6) is 0 Å². The van der Waals surface area contributed by atoms with Gasteiger partial charge in [0, 0.05) is 34.3 Å². The lowest BCUT2D eigenvalue weighted by molar-refractivity contribution is 0.736. The van der Waals surface area contributed by atoms with E-state index >= 15 is 0 Å². The standard InChI is InChI=1S/C17H20Br2N2/c1-12(20)8-14-6-7-16(10-17(14)19)21(2)11-13-4-3-5-15(18)9-13/h3-7,9-10,12H,8,11,20H2,1-2H3. The maximum Gasteiger partial charge on any atom is 0.0426 e. The molecule has 2 rings (SSSR count). The van der Waals surface area contributed by atoms with Crippen LogP contribution in [-0.2, 0) is 13.0 Å². The summed E-state index contributed by atoms with van der Waals surface area (Å²) >= 11 is 7.17. The number of hydrogen-bond donors (Lipinski definition) is 1. The molecule has 0 bridgehead atoms. The second kappa shape index (κ2) is 7.43. The average Bonchev–Trinajstić information content (AvgIpc) is 2.40. The molecule has 0 aliphatic heterocycles. The normalized spacial score (nSPS) is 12.2. The quantitative estimate of drug-likeness (QED) is 0.769. The molecule has 1 atom stereocenters. The Labute approximate surface area is 143 Å². The van der Waals surface area contributed by atoms with Crippen LogP contribution in [0.4, 0.5) is 5.69 Å². The van der Waals surface area contributed by atoms with Crippen molar-refractivity contribution in [2.24, 2.45) is 5.73 Å². The number of rotatable bonds is 5. The van der Waals surface area contributed by atoms with Crippen molar-refractivity contribution in [2.75, 3.05) is 11.9 Å². The van der Waals surface area contributed by atoms with Crippen LogP contribution in [-0.4, -0.2) is 13.1 Å². The fraction of sp³-hybridized carbons (Fsp3) is 0.294. The Balaban J connectivity index is 2.12. The van der Waals surface area contributed by atoms with Crippen LogP contribution in [0.1, 0.15) is 18.1 Å². The van der Waals surface area contributed by atoms with E-state index in [0.717, 1.165) is 21.9 Å². The van der Waals surface area contributed by atoms with E-state index in [1.807, 2.05) is 13.0 Å². The third-order valence-corrected chi connectivity index (χ3v) is 4.56. The first kappa shape index (κ1) is 16.5. The Bertz CT molecular complexity index is 611. The summed E-state index contributed by atoms with van der Waals surface area (Å²) in [6.45, 7) is 2.90. The van der Waals surface area contributed by atoms with Crippen LogP contribution in [0.3, 0.4) is 0 Å². The monoisotopic (exact) mass is 410 g/mol. The first-order valence-electron chi connectivity index (χ1n) is 6.95. The molecule has 2 N–H and O–H groups in total. The molecule has 4 heteroatoms. The van der Waals surface area contributed by atoms with Crippen molar-refractivity contribution in [3.05, 3.63) is 62.5 Å². The predicted molar refractivity (Wildman–Crippen MR) is 97.7 cm³/mol. The maximum atomic E-state index is 5.87. The van der Waals surface area contributed by atoms with Gasteiger partial charge in [-0.05, 0) is 48.7 Å². The van der Waals surface area contributed by atoms with Gasteiger partial charge >= 0.3 is 0 Å². The third kappa shape index (κ3) is 4.83. The largest absolute Gasteiger partial charge is 0.370 e. The molecule has 0 heterocycles. The van der Waals surface area contributed by atoms with Crippen LogP contribution in [0.15, 0.2) is 51.4 Å². The summed E-state index contributed by atoms with van der Waals surface area (Å²) in [5.41, 5.74) is 9.60. The summed E-state index contributed by atoms with van der Waals surface area (Å²) < 4.78 is 2.24. The van der Waals surface area contributed by atoms with Crippen LogP contribution in [0, 0.1) is 0 Å². The second-order valence-electron chi connectivity index (χ2n) is 5.44. The van der Waals surface area contributed by atoms with Crippen LogP contribution in [0.25, 0.3) is 0 Å². The summed E-state index contributed by atoms with van der Waals surface area (Å²) in [5, 5.41) is 0. The van der Waals surface area contributed by atoms with Gasteiger partial charge in [0.25, 0.3) is 0 Å². The van der Waals surface area contributed by atoms with Crippen LogP contribution in [0.2, 0.25) is 0 Å². The second-order valence-corrected chi connectivity index (χ2v) is 7.21. The first-order chi connectivity index (χ1) is 9.95. The van der Waals surface area contributed by atoms with Gasteiger partial charge in [-0.1, -0.05) is 50.1 Å². The van der Waals surface area contributed by atoms with E-state index in [1.54, 1.807) is 0 Å². The molecular weight excluding hydrogens is 392 g/mol. The van der Waals surface area contributed by atoms with E-state index in [-0.39, 0.29) is 6.04 Å². The Morgan fingerprint density at radius 1 is 1.14 bits per heavy atom. The average molecular weight is 412 g/mol. The SMILES string of the molecule is CC(N)Cc1ccc(N(C)Cc2cccc(Br)c2)cc1Br. The van der Waals surface area contributed by atoms with Crippen molar-refractivity contribution in [1.82, 2.24) is 0 Å². The molecule has 0 saturated heterocycles. The Kier molecular flexibility index (Phi) is 5.85. The predicted octanol–water partition coefficient (Wildman–Crippen LogP) is 4.74. The number of benzene rings is 2. The van der Waals surface area contributed by atoms with E-state index in [0.29, 0.717) is 0 Å². The van der Waals surface area contributed by atoms with Crippen molar-refractivity contribution in [2.45, 2.75) is 25.9 Å². The first-order valence-corrected chi connectivity index (χ1v) is 8.54. The van der Waals surface area contributed by atoms with E-state index in [9.17, 15) is 0 Å². The summed E-state index contributed by atoms with van der Waals surface area (Å²) in [4.78, 5) is 2.24. The van der Waals surface area contributed by atoms with Gasteiger partial charge in [-0.25, -0.2) is 0 Å². The summed E-state index contributed by atoms with van der Waals surface area (Å²) in [6.07, 6.45) is 0.885. The van der Waals surface area contributed by atoms with E-state index in [4.69, 9.17) is 5.73 Å². The number of hydrogen-bond acceptors (Lipinski definition) is 2. The highest BCUT2D eigenvalue weighted by Crippen LogP contribution is 2.25. The minimum atomic E-state index is 0.173. The molecule has 0 aliphatic carbocycles. The van der Waals surface area contributed by atoms with Gasteiger partial charge in [-0.3, -0.25) is 0 Å². The molecule has 21 heavy (non-hydrogen) atoms. The number of halogens is 2. The van der Waals surface area contributed by atoms with Gasteiger partial charge in [0.1, 0.15) is 0 Å². The fourth-order valence-corrected chi connectivity index (χ4v) is 3.26. The molecule has 0 radical (unpaired) electrons. The number of anilines is 1. The molecule has 1 unspecified atom stereocenters. The van der Waals surface area contributed by atoms with Crippen molar-refractivity contribution in [1.29, 1.82) is 0 Å². The Morgan fingerprint density at radius 3 is 2.52 bits per heavy atom. The van der Waals surface area contributed by atoms with Gasteiger partial charge in [-0.2, -0.15) is 0 Å². The molecule has 0 saturated carbocycles. The van der Waals surface area contributed by atoms with E-state index < -0.39 is 0 Å². The molecule has 2 nitrogen and oxygen atoms in total. The molecular formula is C17H20Br2N2. The van der Waals surface area contributed by atoms with Crippen molar-refractivity contribution in [3.63, 3.8) is 0 Å². The zero-order valence-electron chi connectivity index (χ0n) is 12.3. The lowest BCUT2D eigenvalue weighted by Crippen LogP contribution is -2.19. The summed E-state index contributed by atoms with van der Waals surface area (Å²) in [7, 11) is 2.11. The van der Waals surface area contributed by atoms with Crippen molar-refractivity contribution >= 4 is 37.5 Å². The number of nitrogens with zero attached hydrogens (tertiary/aromatic N) is 1. The topological polar surface area (TPSA) is 29.3 Å². The molecule has 0 aliphatic rings. The van der Waals surface area contributed by atoms with E-state index in [1.165, 1.54) is 16.8 Å². The van der Waals surface area contributed by atoms with Gasteiger partial charge in [0.15, 0.2) is 0 Å². The molecule has 0 fully saturated rings. The molecule has 0 spiro atoms. The lowest BCUT2D eigenvalue weighted by atomic mass is 10.1. The van der Waals surface area contributed by atoms with Gasteiger partial charge in [0.05, 0.1) is 0 Å². The fourth-order valence-electron chi connectivity index (χ4n) is 2.29. The highest BCUT2D eigenvalue weighted by molar-refractivity contribution is 9.10. The minimum absolute atomic E-state index is 0.173. The lowest BCUT2D eigenvalue weighted by Gasteiger charge is -2.21. The van der Waals surface area contributed by atoms with E-state index in [2.05, 4.69) is 80.2 Å². The molecule has 0 amide bonds. The Hall–Kier alpha value is -0.840. The van der Waals surface area contributed by atoms with Crippen molar-refractivity contribution in [3.8, 4) is 0 Å². The smallest absolute Gasteiger partial charge is 0.0426 e. The van der Waals surface area contributed by atoms with Gasteiger partial charge < -0.3 is 10.6 Å². The summed E-state index contributed by atoms with van der Waals surface area (Å²) in [6, 6.07) is 15.0. The molecule has 0 aromatic heterocycles. The maximum absolute atomic E-state index is 5.87. The zero-order valence-corrected chi connectivity index (χ0v) is 15.5.